The van der Waals surface area contributed by atoms with Crippen LogP contribution in [0.3, 0.4) is 0 Å². The van der Waals surface area contributed by atoms with Crippen LogP contribution in [0.2, 0.25) is 0 Å². The van der Waals surface area contributed by atoms with Gasteiger partial charge in [-0.3, -0.25) is 9.59 Å². The Hall–Kier alpha value is -5.02. The Labute approximate surface area is 315 Å². The number of aliphatic carboxylic acids is 1. The second-order valence-electron chi connectivity index (χ2n) is 16.5. The van der Waals surface area contributed by atoms with E-state index in [0.717, 1.165) is 44.1 Å². The summed E-state index contributed by atoms with van der Waals surface area (Å²) in [6.07, 6.45) is 4.82. The Morgan fingerprint density at radius 1 is 0.927 bits per heavy atom. The molecule has 4 bridgehead atoms. The van der Waals surface area contributed by atoms with Crippen molar-refractivity contribution in [2.75, 3.05) is 42.5 Å². The lowest BCUT2D eigenvalue weighted by Gasteiger charge is -2.59. The van der Waals surface area contributed by atoms with Gasteiger partial charge in [0.2, 0.25) is 17.8 Å². The summed E-state index contributed by atoms with van der Waals surface area (Å²) in [5.74, 6) is -1.30. The minimum atomic E-state index is -5.04. The highest BCUT2D eigenvalue weighted by atomic mass is 19.4. The van der Waals surface area contributed by atoms with Gasteiger partial charge < -0.3 is 29.9 Å². The van der Waals surface area contributed by atoms with Crippen LogP contribution in [0.25, 0.3) is 0 Å². The van der Waals surface area contributed by atoms with Gasteiger partial charge in [-0.1, -0.05) is 0 Å². The molecule has 3 aliphatic heterocycles. The molecule has 13 nitrogen and oxygen atoms in total. The molecular weight excluding hydrogens is 717 g/mol. The number of carboxylic acid groups (broad SMARTS) is 1. The molecule has 16 heteroatoms. The Morgan fingerprint density at radius 2 is 1.62 bits per heavy atom. The van der Waals surface area contributed by atoms with E-state index in [0.29, 0.717) is 74.4 Å². The number of ether oxygens (including phenoxy) is 1. The molecule has 10 rings (SSSR count). The number of carbonyl (C=O) groups excluding carboxylic acids is 2. The van der Waals surface area contributed by atoms with E-state index < -0.39 is 40.3 Å². The SMILES string of the molecule is CC(=O)N1CCC2(C1)CN(c1ncc(C(=O)NC3(C(=O)O)C4CC5CC(C4)CC3C5)c(C(F)(F)F)n1)c1ccc(OC3CCN(c4ncccn4)CC3)cc12. The van der Waals surface area contributed by atoms with Crippen molar-refractivity contribution in [1.29, 1.82) is 0 Å². The molecule has 0 radical (unpaired) electrons. The average molecular weight is 761 g/mol. The summed E-state index contributed by atoms with van der Waals surface area (Å²) >= 11 is 0. The molecule has 55 heavy (non-hydrogen) atoms. The minimum Gasteiger partial charge on any atom is -0.490 e. The van der Waals surface area contributed by atoms with Crippen LogP contribution in [-0.2, 0) is 21.2 Å². The zero-order valence-electron chi connectivity index (χ0n) is 30.5. The molecule has 2 saturated heterocycles. The number of amides is 2. The second kappa shape index (κ2) is 13.0. The van der Waals surface area contributed by atoms with Crippen molar-refractivity contribution in [3.05, 3.63) is 59.7 Å². The molecule has 2 amide bonds. The predicted octanol–water partition coefficient (Wildman–Crippen LogP) is 4.98. The van der Waals surface area contributed by atoms with Gasteiger partial charge in [-0.05, 0) is 92.0 Å². The monoisotopic (exact) mass is 760 g/mol. The zero-order valence-corrected chi connectivity index (χ0v) is 30.5. The predicted molar refractivity (Wildman–Crippen MR) is 192 cm³/mol. The van der Waals surface area contributed by atoms with Crippen LogP contribution in [0.5, 0.6) is 5.75 Å². The molecule has 6 fully saturated rings. The first kappa shape index (κ1) is 35.7. The third-order valence-electron chi connectivity index (χ3n) is 13.3. The smallest absolute Gasteiger partial charge is 0.434 e. The van der Waals surface area contributed by atoms with Gasteiger partial charge in [0.05, 0.1) is 5.56 Å². The number of hydrogen-bond donors (Lipinski definition) is 2. The van der Waals surface area contributed by atoms with Crippen molar-refractivity contribution < 1.29 is 37.4 Å². The first-order valence-electron chi connectivity index (χ1n) is 19.2. The number of alkyl halides is 3. The number of likely N-dealkylation sites (tertiary alicyclic amines) is 1. The molecule has 4 aliphatic carbocycles. The molecule has 1 spiro atoms. The number of carboxylic acids is 1. The molecule has 1 aromatic carbocycles. The number of aromatic nitrogens is 4. The Balaban J connectivity index is 1.00. The van der Waals surface area contributed by atoms with E-state index in [1.807, 2.05) is 6.07 Å². The van der Waals surface area contributed by atoms with Gasteiger partial charge in [-0.2, -0.15) is 13.2 Å². The summed E-state index contributed by atoms with van der Waals surface area (Å²) in [6, 6.07) is 7.28. The van der Waals surface area contributed by atoms with Crippen LogP contribution in [0.4, 0.5) is 30.8 Å². The fourth-order valence-corrected chi connectivity index (χ4v) is 10.9. The zero-order chi connectivity index (χ0) is 38.3. The topological polar surface area (TPSA) is 154 Å². The Kier molecular flexibility index (Phi) is 8.46. The lowest BCUT2D eigenvalue weighted by molar-refractivity contribution is -0.163. The van der Waals surface area contributed by atoms with Gasteiger partial charge >= 0.3 is 12.1 Å². The molecule has 4 saturated carbocycles. The van der Waals surface area contributed by atoms with E-state index in [2.05, 4.69) is 30.2 Å². The number of nitrogens with zero attached hydrogens (tertiary/aromatic N) is 7. The van der Waals surface area contributed by atoms with Crippen LogP contribution >= 0.6 is 0 Å². The summed E-state index contributed by atoms with van der Waals surface area (Å²) < 4.78 is 51.0. The van der Waals surface area contributed by atoms with Gasteiger partial charge in [-0.25, -0.2) is 24.7 Å². The van der Waals surface area contributed by atoms with Gasteiger partial charge in [0.25, 0.3) is 5.91 Å². The maximum Gasteiger partial charge on any atom is 0.434 e. The summed E-state index contributed by atoms with van der Waals surface area (Å²) in [7, 11) is 0. The largest absolute Gasteiger partial charge is 0.490 e. The van der Waals surface area contributed by atoms with Gasteiger partial charge in [0.15, 0.2) is 5.69 Å². The molecular formula is C39H43F3N8O5. The molecule has 290 valence electrons. The highest BCUT2D eigenvalue weighted by Crippen LogP contribution is 2.58. The maximum atomic E-state index is 14.8. The summed E-state index contributed by atoms with van der Waals surface area (Å²) in [6.45, 7) is 3.99. The van der Waals surface area contributed by atoms with Crippen molar-refractivity contribution in [2.24, 2.45) is 23.7 Å². The standard InChI is InChI=1S/C39H43F3N8O5/c1-22(51)49-12-7-37(20-49)21-50(31-4-3-28(18-30(31)37)55-27-5-10-48(11-6-27)35-43-8-2-9-44-35)36-45-19-29(32(46-36)39(40,41)42)33(52)47-38(34(53)54)25-14-23-13-24(16-25)17-26(38)15-23/h2-4,8-9,18-19,23-27H,5-7,10-17,20-21H2,1H3,(H,47,52)(H,53,54). The molecule has 1 unspecified atom stereocenters. The third-order valence-corrected chi connectivity index (χ3v) is 13.3. The fraction of sp³-hybridized carbons (Fsp3) is 0.564. The minimum absolute atomic E-state index is 0.0701. The number of hydrogen-bond acceptors (Lipinski definition) is 10. The fourth-order valence-electron chi connectivity index (χ4n) is 10.9. The van der Waals surface area contributed by atoms with Crippen molar-refractivity contribution in [3.8, 4) is 5.75 Å². The number of carbonyl (C=O) groups is 3. The van der Waals surface area contributed by atoms with Crippen molar-refractivity contribution in [3.63, 3.8) is 0 Å². The number of rotatable bonds is 7. The van der Waals surface area contributed by atoms with E-state index in [-0.39, 0.29) is 36.3 Å². The molecule has 5 heterocycles. The van der Waals surface area contributed by atoms with Crippen LogP contribution < -0.4 is 19.9 Å². The highest BCUT2D eigenvalue weighted by molar-refractivity contribution is 5.99. The average Bonchev–Trinajstić information content (AvgIpc) is 3.74. The van der Waals surface area contributed by atoms with E-state index in [1.165, 1.54) is 6.92 Å². The molecule has 2 aromatic heterocycles. The summed E-state index contributed by atoms with van der Waals surface area (Å²) in [5, 5.41) is 13.1. The summed E-state index contributed by atoms with van der Waals surface area (Å²) in [5.41, 5.74) is -3.07. The van der Waals surface area contributed by atoms with Crippen molar-refractivity contribution in [1.82, 2.24) is 30.2 Å². The second-order valence-corrected chi connectivity index (χ2v) is 16.5. The Bertz CT molecular complexity index is 2000. The molecule has 3 aromatic rings. The van der Waals surface area contributed by atoms with E-state index in [1.54, 1.807) is 40.4 Å². The van der Waals surface area contributed by atoms with Crippen LogP contribution in [0.1, 0.15) is 79.9 Å². The molecule has 7 aliphatic rings. The maximum absolute atomic E-state index is 14.8. The quantitative estimate of drug-likeness (QED) is 0.335. The lowest BCUT2D eigenvalue weighted by Crippen LogP contribution is -2.70. The van der Waals surface area contributed by atoms with Gasteiger partial charge in [0.1, 0.15) is 17.4 Å². The van der Waals surface area contributed by atoms with Crippen LogP contribution in [0, 0.1) is 23.7 Å². The van der Waals surface area contributed by atoms with E-state index in [4.69, 9.17) is 4.74 Å². The summed E-state index contributed by atoms with van der Waals surface area (Å²) in [4.78, 5) is 61.7. The van der Waals surface area contributed by atoms with E-state index >= 15 is 0 Å². The third kappa shape index (κ3) is 6.02. The molecule has 2 N–H and O–H groups in total. The number of nitrogens with one attached hydrogen (secondary N) is 1. The number of anilines is 3. The first-order valence-corrected chi connectivity index (χ1v) is 19.2. The van der Waals surface area contributed by atoms with Crippen LogP contribution in [-0.4, -0.2) is 92.1 Å². The van der Waals surface area contributed by atoms with Gasteiger partial charge in [0, 0.05) is 82.2 Å². The number of piperidine rings is 1. The van der Waals surface area contributed by atoms with E-state index in [9.17, 15) is 32.7 Å². The number of benzene rings is 1. The molecule has 1 atom stereocenters. The Morgan fingerprint density at radius 3 is 2.24 bits per heavy atom. The van der Waals surface area contributed by atoms with Crippen LogP contribution in [0.15, 0.2) is 42.9 Å². The first-order chi connectivity index (χ1) is 26.3. The lowest BCUT2D eigenvalue weighted by atomic mass is 9.48. The van der Waals surface area contributed by atoms with Gasteiger partial charge in [-0.15, -0.1) is 0 Å². The number of halogens is 3. The van der Waals surface area contributed by atoms with Crippen molar-refractivity contribution >= 4 is 35.4 Å². The normalized spacial score (nSPS) is 29.9. The number of fused-ring (bicyclic) bond motifs is 2. The highest BCUT2D eigenvalue weighted by Gasteiger charge is 2.62. The van der Waals surface area contributed by atoms with Crippen molar-refractivity contribution in [2.45, 2.75) is 81.5 Å².